The van der Waals surface area contributed by atoms with Crippen LogP contribution in [0.4, 0.5) is 0 Å². The quantitative estimate of drug-likeness (QED) is 0.630. The number of likely N-dealkylation sites (N-methyl/N-ethyl adjacent to an activating group) is 1. The number of hydrogen-bond acceptors (Lipinski definition) is 5. The SMILES string of the molecule is CCCNCc1ccc(S(=O)(=O)N(CC)CCOCC)o1. The van der Waals surface area contributed by atoms with Gasteiger partial charge in [-0.15, -0.1) is 0 Å². The standard InChI is InChI=1S/C14H26N2O4S/c1-4-9-15-12-13-7-8-14(20-13)21(17,18)16(5-2)10-11-19-6-3/h7-8,15H,4-6,9-12H2,1-3H3. The molecule has 0 aliphatic carbocycles. The highest BCUT2D eigenvalue weighted by atomic mass is 32.2. The van der Waals surface area contributed by atoms with Crippen LogP contribution in [-0.4, -0.2) is 45.6 Å². The smallest absolute Gasteiger partial charge is 0.276 e. The molecule has 0 saturated heterocycles. The lowest BCUT2D eigenvalue weighted by Crippen LogP contribution is -2.33. The fourth-order valence-corrected chi connectivity index (χ4v) is 3.23. The van der Waals surface area contributed by atoms with Crippen molar-refractivity contribution in [2.24, 2.45) is 0 Å². The lowest BCUT2D eigenvalue weighted by Gasteiger charge is -2.18. The first-order valence-corrected chi connectivity index (χ1v) is 8.87. The highest BCUT2D eigenvalue weighted by molar-refractivity contribution is 7.89. The Kier molecular flexibility index (Phi) is 7.95. The number of sulfonamides is 1. The van der Waals surface area contributed by atoms with Crippen molar-refractivity contribution >= 4 is 10.0 Å². The molecule has 0 aromatic carbocycles. The van der Waals surface area contributed by atoms with Crippen LogP contribution in [0.15, 0.2) is 21.6 Å². The molecule has 122 valence electrons. The maximum atomic E-state index is 12.5. The van der Waals surface area contributed by atoms with Crippen LogP contribution >= 0.6 is 0 Å². The summed E-state index contributed by atoms with van der Waals surface area (Å²) in [5.74, 6) is 0.628. The van der Waals surface area contributed by atoms with Crippen LogP contribution in [0.5, 0.6) is 0 Å². The van der Waals surface area contributed by atoms with Crippen LogP contribution in [0.1, 0.15) is 33.0 Å². The van der Waals surface area contributed by atoms with Crippen LogP contribution < -0.4 is 5.32 Å². The van der Waals surface area contributed by atoms with Gasteiger partial charge >= 0.3 is 0 Å². The molecule has 0 aliphatic rings. The molecular weight excluding hydrogens is 292 g/mol. The molecule has 1 heterocycles. The number of ether oxygens (including phenoxy) is 1. The minimum Gasteiger partial charge on any atom is -0.447 e. The molecular formula is C14H26N2O4S. The van der Waals surface area contributed by atoms with Gasteiger partial charge in [-0.3, -0.25) is 0 Å². The minimum absolute atomic E-state index is 0.00542. The molecule has 0 amide bonds. The first-order chi connectivity index (χ1) is 10.1. The third-order valence-electron chi connectivity index (χ3n) is 3.00. The van der Waals surface area contributed by atoms with E-state index >= 15 is 0 Å². The second-order valence-corrected chi connectivity index (χ2v) is 6.46. The summed E-state index contributed by atoms with van der Waals surface area (Å²) in [4.78, 5) is 0. The fraction of sp³-hybridized carbons (Fsp3) is 0.714. The van der Waals surface area contributed by atoms with Crippen LogP contribution in [0.25, 0.3) is 0 Å². The van der Waals surface area contributed by atoms with E-state index in [9.17, 15) is 8.42 Å². The van der Waals surface area contributed by atoms with Gasteiger partial charge in [-0.25, -0.2) is 8.42 Å². The van der Waals surface area contributed by atoms with Gasteiger partial charge in [0, 0.05) is 19.7 Å². The molecule has 21 heavy (non-hydrogen) atoms. The van der Waals surface area contributed by atoms with Gasteiger partial charge in [0.15, 0.2) is 0 Å². The first kappa shape index (κ1) is 18.2. The summed E-state index contributed by atoms with van der Waals surface area (Å²) < 4.78 is 37.0. The highest BCUT2D eigenvalue weighted by Crippen LogP contribution is 2.18. The molecule has 0 saturated carbocycles. The Morgan fingerprint density at radius 1 is 1.29 bits per heavy atom. The minimum atomic E-state index is -3.58. The lowest BCUT2D eigenvalue weighted by molar-refractivity contribution is 0.135. The van der Waals surface area contributed by atoms with Crippen molar-refractivity contribution in [2.45, 2.75) is 38.8 Å². The molecule has 0 aliphatic heterocycles. The number of hydrogen-bond donors (Lipinski definition) is 1. The van der Waals surface area contributed by atoms with E-state index in [1.165, 1.54) is 10.4 Å². The largest absolute Gasteiger partial charge is 0.447 e. The topological polar surface area (TPSA) is 71.8 Å². The summed E-state index contributed by atoms with van der Waals surface area (Å²) >= 11 is 0. The summed E-state index contributed by atoms with van der Waals surface area (Å²) in [6.45, 7) is 8.84. The molecule has 1 aromatic rings. The maximum Gasteiger partial charge on any atom is 0.276 e. The predicted octanol–water partition coefficient (Wildman–Crippen LogP) is 1.83. The molecule has 0 spiro atoms. The molecule has 6 nitrogen and oxygen atoms in total. The van der Waals surface area contributed by atoms with E-state index < -0.39 is 10.0 Å². The van der Waals surface area contributed by atoms with E-state index in [0.717, 1.165) is 13.0 Å². The summed E-state index contributed by atoms with van der Waals surface area (Å²) in [5, 5.41) is 3.17. The highest BCUT2D eigenvalue weighted by Gasteiger charge is 2.26. The van der Waals surface area contributed by atoms with Gasteiger partial charge in [0.2, 0.25) is 5.09 Å². The number of furan rings is 1. The molecule has 1 rings (SSSR count). The van der Waals surface area contributed by atoms with Crippen LogP contribution in [0.3, 0.4) is 0 Å². The molecule has 1 N–H and O–H groups in total. The van der Waals surface area contributed by atoms with Crippen molar-refractivity contribution in [2.75, 3.05) is 32.8 Å². The summed E-state index contributed by atoms with van der Waals surface area (Å²) in [6, 6.07) is 3.22. The Hall–Kier alpha value is -0.890. The van der Waals surface area contributed by atoms with E-state index in [1.807, 2.05) is 6.92 Å². The van der Waals surface area contributed by atoms with Crippen molar-refractivity contribution in [1.82, 2.24) is 9.62 Å². The summed E-state index contributed by atoms with van der Waals surface area (Å²) in [6.07, 6.45) is 1.02. The zero-order chi connectivity index (χ0) is 15.7. The molecule has 0 bridgehead atoms. The average molecular weight is 318 g/mol. The van der Waals surface area contributed by atoms with Crippen molar-refractivity contribution in [1.29, 1.82) is 0 Å². The molecule has 0 radical (unpaired) electrons. The Morgan fingerprint density at radius 3 is 2.67 bits per heavy atom. The molecule has 0 unspecified atom stereocenters. The Morgan fingerprint density at radius 2 is 2.05 bits per heavy atom. The van der Waals surface area contributed by atoms with Gasteiger partial charge in [-0.1, -0.05) is 13.8 Å². The first-order valence-electron chi connectivity index (χ1n) is 7.43. The number of rotatable bonds is 11. The third kappa shape index (κ3) is 5.43. The van der Waals surface area contributed by atoms with E-state index in [1.54, 1.807) is 13.0 Å². The van der Waals surface area contributed by atoms with E-state index in [4.69, 9.17) is 9.15 Å². The zero-order valence-electron chi connectivity index (χ0n) is 13.1. The van der Waals surface area contributed by atoms with E-state index in [-0.39, 0.29) is 5.09 Å². The van der Waals surface area contributed by atoms with Crippen molar-refractivity contribution in [3.05, 3.63) is 17.9 Å². The average Bonchev–Trinajstić information content (AvgIpc) is 2.93. The van der Waals surface area contributed by atoms with Crippen LogP contribution in [-0.2, 0) is 21.3 Å². The van der Waals surface area contributed by atoms with Crippen LogP contribution in [0, 0.1) is 0 Å². The lowest BCUT2D eigenvalue weighted by atomic mass is 10.4. The second kappa shape index (κ2) is 9.19. The van der Waals surface area contributed by atoms with Gasteiger partial charge in [0.25, 0.3) is 10.0 Å². The van der Waals surface area contributed by atoms with Gasteiger partial charge in [-0.05, 0) is 32.0 Å². The monoisotopic (exact) mass is 318 g/mol. The fourth-order valence-electron chi connectivity index (χ4n) is 1.87. The third-order valence-corrected chi connectivity index (χ3v) is 4.85. The van der Waals surface area contributed by atoms with Crippen LogP contribution in [0.2, 0.25) is 0 Å². The Labute approximate surface area is 127 Å². The zero-order valence-corrected chi connectivity index (χ0v) is 13.9. The second-order valence-electron chi connectivity index (χ2n) is 4.59. The Bertz CT molecular complexity index is 499. The molecule has 1 aromatic heterocycles. The van der Waals surface area contributed by atoms with Gasteiger partial charge in [0.1, 0.15) is 5.76 Å². The normalized spacial score (nSPS) is 12.2. The van der Waals surface area contributed by atoms with Crippen molar-refractivity contribution in [3.8, 4) is 0 Å². The van der Waals surface area contributed by atoms with Gasteiger partial charge < -0.3 is 14.5 Å². The van der Waals surface area contributed by atoms with E-state index in [0.29, 0.717) is 38.6 Å². The summed E-state index contributed by atoms with van der Waals surface area (Å²) in [7, 11) is -3.58. The number of nitrogens with one attached hydrogen (secondary N) is 1. The molecule has 0 atom stereocenters. The van der Waals surface area contributed by atoms with Crippen molar-refractivity contribution in [3.63, 3.8) is 0 Å². The van der Waals surface area contributed by atoms with Gasteiger partial charge in [-0.2, -0.15) is 4.31 Å². The Balaban J connectivity index is 2.71. The predicted molar refractivity (Wildman–Crippen MR) is 81.6 cm³/mol. The maximum absolute atomic E-state index is 12.5. The summed E-state index contributed by atoms with van der Waals surface area (Å²) in [5.41, 5.74) is 0. The molecule has 7 heteroatoms. The van der Waals surface area contributed by atoms with E-state index in [2.05, 4.69) is 12.2 Å². The molecule has 0 fully saturated rings. The van der Waals surface area contributed by atoms with Crippen molar-refractivity contribution < 1.29 is 17.6 Å². The number of nitrogens with zero attached hydrogens (tertiary/aromatic N) is 1. The van der Waals surface area contributed by atoms with Gasteiger partial charge in [0.05, 0.1) is 13.2 Å².